The topological polar surface area (TPSA) is 24.1 Å². The van der Waals surface area contributed by atoms with Gasteiger partial charge in [0.2, 0.25) is 0 Å². The zero-order valence-electron chi connectivity index (χ0n) is 8.70. The quantitative estimate of drug-likeness (QED) is 0.647. The third-order valence-electron chi connectivity index (χ3n) is 1.87. The molecule has 13 heavy (non-hydrogen) atoms. The number of hydrogen-bond donors (Lipinski definition) is 2. The first-order valence-corrected chi connectivity index (χ1v) is 4.49. The number of hydrogen-bond acceptors (Lipinski definition) is 2. The first-order valence-electron chi connectivity index (χ1n) is 4.49. The average molecular weight is 178 g/mol. The summed E-state index contributed by atoms with van der Waals surface area (Å²) in [5.74, 6) is 0. The fraction of sp³-hybridized carbons (Fsp3) is 0.455. The molecule has 2 nitrogen and oxygen atoms in total. The van der Waals surface area contributed by atoms with Crippen LogP contribution in [0.5, 0.6) is 0 Å². The molecule has 72 valence electrons. The highest BCUT2D eigenvalue weighted by molar-refractivity contribution is 5.59. The summed E-state index contributed by atoms with van der Waals surface area (Å²) in [7, 11) is 0. The van der Waals surface area contributed by atoms with Crippen molar-refractivity contribution in [2.75, 3.05) is 6.54 Å². The molecule has 0 aromatic heterocycles. The number of rotatable bonds is 3. The fourth-order valence-corrected chi connectivity index (χ4v) is 0.960. The Morgan fingerprint density at radius 3 is 2.31 bits per heavy atom. The molecule has 0 bridgehead atoms. The maximum atomic E-state index is 3.87. The van der Waals surface area contributed by atoms with E-state index in [4.69, 9.17) is 0 Å². The van der Waals surface area contributed by atoms with E-state index in [1.165, 1.54) is 0 Å². The highest BCUT2D eigenvalue weighted by Gasteiger charge is 2.15. The molecule has 0 fully saturated rings. The van der Waals surface area contributed by atoms with Gasteiger partial charge in [0.05, 0.1) is 5.70 Å². The van der Waals surface area contributed by atoms with E-state index in [0.29, 0.717) is 0 Å². The van der Waals surface area contributed by atoms with Crippen LogP contribution in [0.25, 0.3) is 0 Å². The maximum Gasteiger partial charge on any atom is 0.0565 e. The van der Waals surface area contributed by atoms with E-state index in [0.717, 1.165) is 23.4 Å². The standard InChI is InChI=1S/C11H18N2/c1-8-6-10(9(8)2)13-12-7-11(3,4)5/h6,12-13H,1-2,7H2,3-5H3. The summed E-state index contributed by atoms with van der Waals surface area (Å²) in [4.78, 5) is 0. The van der Waals surface area contributed by atoms with Crippen LogP contribution in [0.3, 0.4) is 0 Å². The van der Waals surface area contributed by atoms with Crippen LogP contribution in [0, 0.1) is 5.41 Å². The van der Waals surface area contributed by atoms with Gasteiger partial charge in [0.25, 0.3) is 0 Å². The van der Waals surface area contributed by atoms with Crippen molar-refractivity contribution in [2.24, 2.45) is 5.41 Å². The normalized spacial score (nSPS) is 16.7. The van der Waals surface area contributed by atoms with Crippen molar-refractivity contribution in [3.05, 3.63) is 36.1 Å². The van der Waals surface area contributed by atoms with Gasteiger partial charge in [-0.15, -0.1) is 0 Å². The van der Waals surface area contributed by atoms with Crippen molar-refractivity contribution < 1.29 is 0 Å². The van der Waals surface area contributed by atoms with Crippen LogP contribution in [0.2, 0.25) is 0 Å². The molecule has 0 heterocycles. The lowest BCUT2D eigenvalue weighted by Gasteiger charge is -2.25. The van der Waals surface area contributed by atoms with Gasteiger partial charge in [-0.2, -0.15) is 0 Å². The van der Waals surface area contributed by atoms with Gasteiger partial charge < -0.3 is 5.43 Å². The van der Waals surface area contributed by atoms with Crippen LogP contribution in [0.15, 0.2) is 36.1 Å². The predicted octanol–water partition coefficient (Wildman–Crippen LogP) is 2.14. The van der Waals surface area contributed by atoms with Crippen molar-refractivity contribution in [3.63, 3.8) is 0 Å². The second kappa shape index (κ2) is 3.38. The van der Waals surface area contributed by atoms with Crippen molar-refractivity contribution in [3.8, 4) is 0 Å². The van der Waals surface area contributed by atoms with Gasteiger partial charge >= 0.3 is 0 Å². The summed E-state index contributed by atoms with van der Waals surface area (Å²) in [6.45, 7) is 15.1. The molecular formula is C11H18N2. The molecule has 0 saturated carbocycles. The zero-order valence-corrected chi connectivity index (χ0v) is 8.70. The van der Waals surface area contributed by atoms with Gasteiger partial charge in [0.15, 0.2) is 0 Å². The van der Waals surface area contributed by atoms with Crippen LogP contribution in [0.4, 0.5) is 0 Å². The van der Waals surface area contributed by atoms with E-state index in [1.54, 1.807) is 0 Å². The maximum absolute atomic E-state index is 3.87. The lowest BCUT2D eigenvalue weighted by atomic mass is 9.94. The molecule has 0 radical (unpaired) electrons. The molecule has 0 aliphatic heterocycles. The Morgan fingerprint density at radius 1 is 1.31 bits per heavy atom. The second-order valence-corrected chi connectivity index (χ2v) is 4.60. The molecule has 2 heteroatoms. The monoisotopic (exact) mass is 178 g/mol. The molecule has 1 aliphatic rings. The van der Waals surface area contributed by atoms with E-state index in [9.17, 15) is 0 Å². The number of nitrogens with one attached hydrogen (secondary N) is 2. The van der Waals surface area contributed by atoms with Crippen molar-refractivity contribution in [1.82, 2.24) is 10.9 Å². The van der Waals surface area contributed by atoms with Gasteiger partial charge in [0, 0.05) is 6.54 Å². The molecule has 0 saturated heterocycles. The van der Waals surface area contributed by atoms with E-state index in [1.807, 2.05) is 6.08 Å². The summed E-state index contributed by atoms with van der Waals surface area (Å²) in [5.41, 5.74) is 9.62. The largest absolute Gasteiger partial charge is 0.321 e. The first kappa shape index (κ1) is 10.1. The number of hydrazine groups is 1. The van der Waals surface area contributed by atoms with Gasteiger partial charge in [-0.3, -0.25) is 0 Å². The second-order valence-electron chi connectivity index (χ2n) is 4.60. The van der Waals surface area contributed by atoms with Crippen molar-refractivity contribution >= 4 is 0 Å². The molecule has 0 aromatic rings. The predicted molar refractivity (Wildman–Crippen MR) is 57.0 cm³/mol. The van der Waals surface area contributed by atoms with Crippen LogP contribution in [0.1, 0.15) is 20.8 Å². The summed E-state index contributed by atoms with van der Waals surface area (Å²) in [5, 5.41) is 0. The van der Waals surface area contributed by atoms with Crippen LogP contribution in [-0.2, 0) is 0 Å². The number of allylic oxidation sites excluding steroid dienone is 2. The van der Waals surface area contributed by atoms with Crippen LogP contribution >= 0.6 is 0 Å². The highest BCUT2D eigenvalue weighted by atomic mass is 15.4. The Balaban J connectivity index is 2.26. The first-order chi connectivity index (χ1) is 5.90. The van der Waals surface area contributed by atoms with Crippen molar-refractivity contribution in [1.29, 1.82) is 0 Å². The van der Waals surface area contributed by atoms with Gasteiger partial charge in [-0.05, 0) is 22.6 Å². The van der Waals surface area contributed by atoms with E-state index >= 15 is 0 Å². The minimum Gasteiger partial charge on any atom is -0.321 e. The van der Waals surface area contributed by atoms with Crippen LogP contribution < -0.4 is 10.9 Å². The summed E-state index contributed by atoms with van der Waals surface area (Å²) < 4.78 is 0. The fourth-order valence-electron chi connectivity index (χ4n) is 0.960. The summed E-state index contributed by atoms with van der Waals surface area (Å²) in [6.07, 6.45) is 1.98. The minimum absolute atomic E-state index is 0.287. The van der Waals surface area contributed by atoms with E-state index in [2.05, 4.69) is 44.8 Å². The molecule has 0 spiro atoms. The average Bonchev–Trinajstić information content (AvgIpc) is 2.00. The minimum atomic E-state index is 0.287. The summed E-state index contributed by atoms with van der Waals surface area (Å²) >= 11 is 0. The lowest BCUT2D eigenvalue weighted by molar-refractivity contribution is 0.362. The van der Waals surface area contributed by atoms with Crippen LogP contribution in [-0.4, -0.2) is 6.54 Å². The van der Waals surface area contributed by atoms with Crippen molar-refractivity contribution in [2.45, 2.75) is 20.8 Å². The molecular weight excluding hydrogens is 160 g/mol. The third-order valence-corrected chi connectivity index (χ3v) is 1.87. The summed E-state index contributed by atoms with van der Waals surface area (Å²) in [6, 6.07) is 0. The molecule has 0 atom stereocenters. The smallest absolute Gasteiger partial charge is 0.0565 e. The molecule has 1 aliphatic carbocycles. The Kier molecular flexibility index (Phi) is 2.62. The molecule has 0 amide bonds. The molecule has 0 unspecified atom stereocenters. The Labute approximate surface area is 80.4 Å². The lowest BCUT2D eigenvalue weighted by Crippen LogP contribution is -2.39. The Hall–Kier alpha value is -1.02. The van der Waals surface area contributed by atoms with Gasteiger partial charge in [-0.1, -0.05) is 33.9 Å². The van der Waals surface area contributed by atoms with Gasteiger partial charge in [0.1, 0.15) is 0 Å². The highest BCUT2D eigenvalue weighted by Crippen LogP contribution is 2.25. The van der Waals surface area contributed by atoms with E-state index < -0.39 is 0 Å². The molecule has 0 aromatic carbocycles. The third kappa shape index (κ3) is 2.74. The Bertz CT molecular complexity index is 266. The molecule has 1 rings (SSSR count). The Morgan fingerprint density at radius 2 is 1.92 bits per heavy atom. The SMILES string of the molecule is C=C1C=C(NNCC(C)(C)C)C1=C. The van der Waals surface area contributed by atoms with E-state index in [-0.39, 0.29) is 5.41 Å². The zero-order chi connectivity index (χ0) is 10.1. The molecule has 2 N–H and O–H groups in total. The van der Waals surface area contributed by atoms with Gasteiger partial charge in [-0.25, -0.2) is 5.43 Å².